The summed E-state index contributed by atoms with van der Waals surface area (Å²) in [6.07, 6.45) is 1.59. The molecule has 0 unspecified atom stereocenters. The third-order valence-electron chi connectivity index (χ3n) is 4.98. The summed E-state index contributed by atoms with van der Waals surface area (Å²) in [7, 11) is 0. The summed E-state index contributed by atoms with van der Waals surface area (Å²) in [5.74, 6) is -0.118. The first kappa shape index (κ1) is 19.1. The Labute approximate surface area is 159 Å². The molecule has 0 spiro atoms. The van der Waals surface area contributed by atoms with Crippen molar-refractivity contribution in [2.45, 2.75) is 26.2 Å². The quantitative estimate of drug-likeness (QED) is 0.811. The lowest BCUT2D eigenvalue weighted by atomic mass is 10.1. The average molecular weight is 368 g/mol. The van der Waals surface area contributed by atoms with E-state index in [2.05, 4.69) is 0 Å². The lowest BCUT2D eigenvalue weighted by Crippen LogP contribution is -2.50. The third-order valence-corrected chi connectivity index (χ3v) is 4.98. The van der Waals surface area contributed by atoms with Crippen molar-refractivity contribution >= 4 is 11.8 Å². The smallest absolute Gasteiger partial charge is 0.253 e. The molecule has 0 saturated carbocycles. The molecule has 0 N–H and O–H groups in total. The standard InChI is InChI=1S/C22H25FN2O2/c1-17-6-4-9-19(16-17)22(27)25-14-12-24(13-15-25)21(26)11-5-8-18-7-2-3-10-20(18)23/h2-4,6-7,9-10,16H,5,8,11-15H2,1H3. The van der Waals surface area contributed by atoms with Crippen molar-refractivity contribution < 1.29 is 14.0 Å². The molecule has 0 aliphatic carbocycles. The van der Waals surface area contributed by atoms with Crippen LogP contribution in [0, 0.1) is 12.7 Å². The second-order valence-corrected chi connectivity index (χ2v) is 6.99. The van der Waals surface area contributed by atoms with E-state index >= 15 is 0 Å². The highest BCUT2D eigenvalue weighted by Crippen LogP contribution is 2.14. The van der Waals surface area contributed by atoms with E-state index in [9.17, 15) is 14.0 Å². The van der Waals surface area contributed by atoms with Crippen molar-refractivity contribution in [1.29, 1.82) is 0 Å². The van der Waals surface area contributed by atoms with Gasteiger partial charge >= 0.3 is 0 Å². The molecule has 2 aromatic carbocycles. The molecular formula is C22H25FN2O2. The summed E-state index contributed by atoms with van der Waals surface area (Å²) < 4.78 is 13.6. The molecule has 4 nitrogen and oxygen atoms in total. The first-order valence-electron chi connectivity index (χ1n) is 9.42. The number of benzene rings is 2. The fourth-order valence-corrected chi connectivity index (χ4v) is 3.41. The van der Waals surface area contributed by atoms with E-state index in [-0.39, 0.29) is 17.6 Å². The molecule has 2 amide bonds. The highest BCUT2D eigenvalue weighted by atomic mass is 19.1. The van der Waals surface area contributed by atoms with Crippen LogP contribution in [-0.2, 0) is 11.2 Å². The number of piperazine rings is 1. The van der Waals surface area contributed by atoms with Crippen molar-refractivity contribution in [3.63, 3.8) is 0 Å². The normalized spacial score (nSPS) is 14.3. The van der Waals surface area contributed by atoms with Crippen LogP contribution < -0.4 is 0 Å². The SMILES string of the molecule is Cc1cccc(C(=O)N2CCN(C(=O)CCCc3ccccc3F)CC2)c1. The number of nitrogens with zero attached hydrogens (tertiary/aromatic N) is 2. The molecule has 2 aromatic rings. The minimum Gasteiger partial charge on any atom is -0.339 e. The summed E-state index contributed by atoms with van der Waals surface area (Å²) in [4.78, 5) is 28.6. The van der Waals surface area contributed by atoms with Gasteiger partial charge in [0.2, 0.25) is 5.91 Å². The van der Waals surface area contributed by atoms with Gasteiger partial charge < -0.3 is 9.80 Å². The molecule has 1 heterocycles. The van der Waals surface area contributed by atoms with Crippen LogP contribution in [0.15, 0.2) is 48.5 Å². The van der Waals surface area contributed by atoms with E-state index in [0.29, 0.717) is 56.6 Å². The number of aryl methyl sites for hydroxylation is 2. The molecule has 0 radical (unpaired) electrons. The monoisotopic (exact) mass is 368 g/mol. The van der Waals surface area contributed by atoms with Crippen molar-refractivity contribution in [3.05, 3.63) is 71.0 Å². The Morgan fingerprint density at radius 1 is 0.963 bits per heavy atom. The second-order valence-electron chi connectivity index (χ2n) is 6.99. The largest absolute Gasteiger partial charge is 0.339 e. The Kier molecular flexibility index (Phi) is 6.22. The van der Waals surface area contributed by atoms with Crippen LogP contribution in [-0.4, -0.2) is 47.8 Å². The van der Waals surface area contributed by atoms with Crippen LogP contribution in [0.5, 0.6) is 0 Å². The predicted octanol–water partition coefficient (Wildman–Crippen LogP) is 3.44. The maximum Gasteiger partial charge on any atom is 0.253 e. The van der Waals surface area contributed by atoms with E-state index in [0.717, 1.165) is 5.56 Å². The minimum absolute atomic E-state index is 0.0188. The van der Waals surface area contributed by atoms with E-state index in [4.69, 9.17) is 0 Å². The molecular weight excluding hydrogens is 343 g/mol. The van der Waals surface area contributed by atoms with Gasteiger partial charge in [-0.2, -0.15) is 0 Å². The van der Waals surface area contributed by atoms with Crippen LogP contribution in [0.1, 0.15) is 34.3 Å². The Morgan fingerprint density at radius 3 is 2.37 bits per heavy atom. The molecule has 0 atom stereocenters. The van der Waals surface area contributed by atoms with Gasteiger partial charge in [0, 0.05) is 38.2 Å². The van der Waals surface area contributed by atoms with Crippen molar-refractivity contribution in [3.8, 4) is 0 Å². The number of carbonyl (C=O) groups is 2. The molecule has 1 aliphatic rings. The maximum absolute atomic E-state index is 13.6. The molecule has 142 valence electrons. The summed E-state index contributed by atoms with van der Waals surface area (Å²) in [6.45, 7) is 4.17. The highest BCUT2D eigenvalue weighted by molar-refractivity contribution is 5.94. The number of halogens is 1. The Balaban J connectivity index is 1.45. The van der Waals surface area contributed by atoms with E-state index < -0.39 is 0 Å². The highest BCUT2D eigenvalue weighted by Gasteiger charge is 2.24. The lowest BCUT2D eigenvalue weighted by molar-refractivity contribution is -0.132. The van der Waals surface area contributed by atoms with Crippen LogP contribution >= 0.6 is 0 Å². The predicted molar refractivity (Wildman–Crippen MR) is 103 cm³/mol. The molecule has 3 rings (SSSR count). The lowest BCUT2D eigenvalue weighted by Gasteiger charge is -2.35. The summed E-state index contributed by atoms with van der Waals surface area (Å²) in [5, 5.41) is 0. The average Bonchev–Trinajstić information content (AvgIpc) is 2.69. The van der Waals surface area contributed by atoms with Gasteiger partial charge in [-0.3, -0.25) is 9.59 Å². The van der Waals surface area contributed by atoms with Crippen LogP contribution in [0.4, 0.5) is 4.39 Å². The van der Waals surface area contributed by atoms with Gasteiger partial charge in [0.25, 0.3) is 5.91 Å². The maximum atomic E-state index is 13.6. The fourth-order valence-electron chi connectivity index (χ4n) is 3.41. The zero-order valence-electron chi connectivity index (χ0n) is 15.7. The number of rotatable bonds is 5. The van der Waals surface area contributed by atoms with Crippen molar-refractivity contribution in [2.75, 3.05) is 26.2 Å². The molecule has 5 heteroatoms. The van der Waals surface area contributed by atoms with E-state index in [1.807, 2.05) is 37.3 Å². The first-order chi connectivity index (χ1) is 13.0. The Bertz CT molecular complexity index is 813. The van der Waals surface area contributed by atoms with Crippen molar-refractivity contribution in [1.82, 2.24) is 9.80 Å². The van der Waals surface area contributed by atoms with Crippen molar-refractivity contribution in [2.24, 2.45) is 0 Å². The van der Waals surface area contributed by atoms with Gasteiger partial charge in [0.05, 0.1) is 0 Å². The van der Waals surface area contributed by atoms with Gasteiger partial charge in [-0.05, 0) is 43.5 Å². The molecule has 27 heavy (non-hydrogen) atoms. The van der Waals surface area contributed by atoms with E-state index in [1.54, 1.807) is 21.9 Å². The van der Waals surface area contributed by atoms with Gasteiger partial charge in [0.1, 0.15) is 5.82 Å². The number of hydrogen-bond donors (Lipinski definition) is 0. The Morgan fingerprint density at radius 2 is 1.67 bits per heavy atom. The third kappa shape index (κ3) is 4.94. The van der Waals surface area contributed by atoms with Gasteiger partial charge in [-0.25, -0.2) is 4.39 Å². The molecule has 1 aliphatic heterocycles. The van der Waals surface area contributed by atoms with E-state index in [1.165, 1.54) is 6.07 Å². The molecule has 0 aromatic heterocycles. The zero-order chi connectivity index (χ0) is 19.2. The fraction of sp³-hybridized carbons (Fsp3) is 0.364. The van der Waals surface area contributed by atoms with Gasteiger partial charge in [-0.15, -0.1) is 0 Å². The molecule has 0 bridgehead atoms. The van der Waals surface area contributed by atoms with Gasteiger partial charge in [0.15, 0.2) is 0 Å². The Hall–Kier alpha value is -2.69. The van der Waals surface area contributed by atoms with Crippen LogP contribution in [0.3, 0.4) is 0 Å². The number of amides is 2. The van der Waals surface area contributed by atoms with Crippen LogP contribution in [0.2, 0.25) is 0 Å². The first-order valence-corrected chi connectivity index (χ1v) is 9.42. The summed E-state index contributed by atoms with van der Waals surface area (Å²) in [5.41, 5.74) is 2.41. The molecule has 1 fully saturated rings. The minimum atomic E-state index is -0.215. The number of carbonyl (C=O) groups excluding carboxylic acids is 2. The topological polar surface area (TPSA) is 40.6 Å². The summed E-state index contributed by atoms with van der Waals surface area (Å²) in [6, 6.07) is 14.3. The summed E-state index contributed by atoms with van der Waals surface area (Å²) >= 11 is 0. The number of hydrogen-bond acceptors (Lipinski definition) is 2. The second kappa shape index (κ2) is 8.80. The van der Waals surface area contributed by atoms with Gasteiger partial charge in [-0.1, -0.05) is 35.9 Å². The zero-order valence-corrected chi connectivity index (χ0v) is 15.7. The van der Waals surface area contributed by atoms with Crippen LogP contribution in [0.25, 0.3) is 0 Å². The molecule has 1 saturated heterocycles.